The molecule has 1 aliphatic rings. The summed E-state index contributed by atoms with van der Waals surface area (Å²) in [5.41, 5.74) is 0.467. The van der Waals surface area contributed by atoms with Crippen LogP contribution in [0.15, 0.2) is 44.7 Å². The minimum atomic E-state index is -0.532. The molecule has 0 aliphatic heterocycles. The molecule has 0 saturated heterocycles. The van der Waals surface area contributed by atoms with Crippen molar-refractivity contribution >= 4 is 50.3 Å². The number of fused-ring (bicyclic) bond motifs is 1. The Hall–Kier alpha value is -2.78. The van der Waals surface area contributed by atoms with Crippen LogP contribution in [0.4, 0.5) is 5.69 Å². The van der Waals surface area contributed by atoms with Gasteiger partial charge in [0.2, 0.25) is 5.75 Å². The lowest BCUT2D eigenvalue weighted by atomic mass is 9.88. The van der Waals surface area contributed by atoms with Crippen LogP contribution in [0.5, 0.6) is 5.75 Å². The molecule has 0 amide bonds. The molecule has 1 fully saturated rings. The van der Waals surface area contributed by atoms with E-state index < -0.39 is 4.92 Å². The average Bonchev–Trinajstić information content (AvgIpc) is 2.85. The first-order valence-electron chi connectivity index (χ1n) is 11.7. The number of nitro benzene ring substituents is 1. The van der Waals surface area contributed by atoms with E-state index in [1.165, 1.54) is 17.0 Å². The molecule has 1 heterocycles. The lowest BCUT2D eigenvalue weighted by molar-refractivity contribution is -0.386. The molecule has 1 saturated carbocycles. The average molecular weight is 562 g/mol. The van der Waals surface area contributed by atoms with E-state index in [0.29, 0.717) is 28.7 Å². The number of halogens is 2. The van der Waals surface area contributed by atoms with Crippen molar-refractivity contribution in [2.24, 2.45) is 5.10 Å². The maximum absolute atomic E-state index is 13.5. The van der Waals surface area contributed by atoms with Crippen LogP contribution in [0.1, 0.15) is 69.7 Å². The minimum Gasteiger partial charge on any atom is -0.483 e. The van der Waals surface area contributed by atoms with E-state index in [1.54, 1.807) is 12.1 Å². The predicted octanol–water partition coefficient (Wildman–Crippen LogP) is 6.83. The van der Waals surface area contributed by atoms with Gasteiger partial charge in [-0.05, 0) is 50.5 Å². The summed E-state index contributed by atoms with van der Waals surface area (Å²) in [6, 6.07) is 8.30. The number of nitrogens with zero attached hydrogens (tertiary/aromatic N) is 4. The molecule has 1 aromatic heterocycles. The Bertz CT molecular complexity index is 1350. The first kappa shape index (κ1) is 25.3. The third kappa shape index (κ3) is 5.56. The molecule has 0 radical (unpaired) electrons. The Morgan fingerprint density at radius 3 is 2.74 bits per heavy atom. The zero-order valence-corrected chi connectivity index (χ0v) is 21.9. The molecule has 2 aromatic carbocycles. The van der Waals surface area contributed by atoms with E-state index in [0.717, 1.165) is 36.6 Å². The van der Waals surface area contributed by atoms with E-state index in [1.807, 2.05) is 26.0 Å². The van der Waals surface area contributed by atoms with Gasteiger partial charge in [-0.3, -0.25) is 14.9 Å². The van der Waals surface area contributed by atoms with Gasteiger partial charge in [0.1, 0.15) is 5.82 Å². The van der Waals surface area contributed by atoms with Crippen LogP contribution in [0.25, 0.3) is 10.9 Å². The zero-order chi connectivity index (χ0) is 25.1. The monoisotopic (exact) mass is 560 g/mol. The molecule has 0 unspecified atom stereocenters. The number of nitro groups is 1. The molecule has 10 heteroatoms. The molecule has 3 aromatic rings. The van der Waals surface area contributed by atoms with Crippen molar-refractivity contribution in [1.29, 1.82) is 0 Å². The third-order valence-electron chi connectivity index (χ3n) is 6.26. The molecular weight excluding hydrogens is 536 g/mol. The Labute approximate surface area is 216 Å². The second kappa shape index (κ2) is 10.9. The quantitative estimate of drug-likeness (QED) is 0.179. The van der Waals surface area contributed by atoms with Gasteiger partial charge in [-0.2, -0.15) is 9.78 Å². The standard InChI is InChI=1S/C25H26BrClN4O4/c1-3-15(2)35-23-20(27)11-16(12-22(23)31(33)34)14-28-30-24(17-7-5-4-6-8-17)29-21-10-9-18(26)13-19(21)25(30)32/h9-15,17H,3-8H2,1-2H3/t15-/m1/s1. The first-order chi connectivity index (χ1) is 16.8. The van der Waals surface area contributed by atoms with E-state index in [-0.39, 0.29) is 34.0 Å². The zero-order valence-electron chi connectivity index (χ0n) is 19.5. The van der Waals surface area contributed by atoms with Crippen LogP contribution < -0.4 is 10.3 Å². The molecule has 1 aliphatic carbocycles. The van der Waals surface area contributed by atoms with E-state index in [2.05, 4.69) is 21.0 Å². The summed E-state index contributed by atoms with van der Waals surface area (Å²) in [6.45, 7) is 3.74. The highest BCUT2D eigenvalue weighted by Crippen LogP contribution is 2.37. The lowest BCUT2D eigenvalue weighted by Gasteiger charge is -2.22. The minimum absolute atomic E-state index is 0.0282. The van der Waals surface area contributed by atoms with Gasteiger partial charge < -0.3 is 4.74 Å². The van der Waals surface area contributed by atoms with Crippen molar-refractivity contribution < 1.29 is 9.66 Å². The van der Waals surface area contributed by atoms with Gasteiger partial charge in [-0.25, -0.2) is 4.98 Å². The Balaban J connectivity index is 1.81. The molecule has 1 atom stereocenters. The van der Waals surface area contributed by atoms with Gasteiger partial charge in [0.25, 0.3) is 5.56 Å². The lowest BCUT2D eigenvalue weighted by Crippen LogP contribution is -2.25. The fourth-order valence-electron chi connectivity index (χ4n) is 4.24. The normalized spacial score (nSPS) is 15.5. The van der Waals surface area contributed by atoms with Crippen molar-refractivity contribution in [3.63, 3.8) is 0 Å². The molecule has 0 spiro atoms. The largest absolute Gasteiger partial charge is 0.483 e. The van der Waals surface area contributed by atoms with Crippen molar-refractivity contribution in [1.82, 2.24) is 9.66 Å². The van der Waals surface area contributed by atoms with Crippen LogP contribution in [0, 0.1) is 10.1 Å². The van der Waals surface area contributed by atoms with Gasteiger partial charge in [0, 0.05) is 22.0 Å². The Morgan fingerprint density at radius 1 is 1.31 bits per heavy atom. The predicted molar refractivity (Wildman–Crippen MR) is 141 cm³/mol. The summed E-state index contributed by atoms with van der Waals surface area (Å²) in [4.78, 5) is 29.4. The maximum Gasteiger partial charge on any atom is 0.313 e. The number of ether oxygens (including phenoxy) is 1. The van der Waals surface area contributed by atoms with E-state index in [9.17, 15) is 14.9 Å². The van der Waals surface area contributed by atoms with Gasteiger partial charge in [0.15, 0.2) is 0 Å². The van der Waals surface area contributed by atoms with Crippen molar-refractivity contribution in [2.75, 3.05) is 0 Å². The summed E-state index contributed by atoms with van der Waals surface area (Å²) in [7, 11) is 0. The van der Waals surface area contributed by atoms with E-state index >= 15 is 0 Å². The Kier molecular flexibility index (Phi) is 7.86. The van der Waals surface area contributed by atoms with Crippen LogP contribution in [-0.4, -0.2) is 26.9 Å². The molecular formula is C25H26BrClN4O4. The maximum atomic E-state index is 13.5. The second-order valence-corrected chi connectivity index (χ2v) is 10.1. The van der Waals surface area contributed by atoms with Crippen LogP contribution in [0.2, 0.25) is 5.02 Å². The SMILES string of the molecule is CC[C@@H](C)Oc1c(Cl)cc(C=Nn2c(C3CCCCC3)nc3ccc(Br)cc3c2=O)cc1[N+](=O)[O-]. The smallest absolute Gasteiger partial charge is 0.313 e. The summed E-state index contributed by atoms with van der Waals surface area (Å²) >= 11 is 9.78. The molecule has 0 bridgehead atoms. The second-order valence-electron chi connectivity index (χ2n) is 8.77. The summed E-state index contributed by atoms with van der Waals surface area (Å²) in [5, 5.41) is 16.7. The molecule has 0 N–H and O–H groups in total. The molecule has 8 nitrogen and oxygen atoms in total. The highest BCUT2D eigenvalue weighted by Gasteiger charge is 2.24. The number of hydrogen-bond acceptors (Lipinski definition) is 6. The summed E-state index contributed by atoms with van der Waals surface area (Å²) in [5.74, 6) is 0.754. The van der Waals surface area contributed by atoms with Crippen LogP contribution in [-0.2, 0) is 0 Å². The topological polar surface area (TPSA) is 99.6 Å². The van der Waals surface area contributed by atoms with Crippen molar-refractivity contribution in [2.45, 2.75) is 64.4 Å². The third-order valence-corrected chi connectivity index (χ3v) is 7.04. The van der Waals surface area contributed by atoms with Gasteiger partial charge in [0.05, 0.1) is 33.2 Å². The molecule has 35 heavy (non-hydrogen) atoms. The van der Waals surface area contributed by atoms with Crippen molar-refractivity contribution in [3.8, 4) is 5.75 Å². The van der Waals surface area contributed by atoms with Gasteiger partial charge >= 0.3 is 5.69 Å². The van der Waals surface area contributed by atoms with Gasteiger partial charge in [-0.15, -0.1) is 0 Å². The highest BCUT2D eigenvalue weighted by molar-refractivity contribution is 9.10. The van der Waals surface area contributed by atoms with Gasteiger partial charge in [-0.1, -0.05) is 53.7 Å². The summed E-state index contributed by atoms with van der Waals surface area (Å²) < 4.78 is 7.79. The molecule has 184 valence electrons. The fraction of sp³-hybridized carbons (Fsp3) is 0.400. The highest BCUT2D eigenvalue weighted by atomic mass is 79.9. The number of rotatable bonds is 7. The number of benzene rings is 2. The number of hydrogen-bond donors (Lipinski definition) is 0. The Morgan fingerprint density at radius 2 is 2.06 bits per heavy atom. The van der Waals surface area contributed by atoms with Crippen LogP contribution >= 0.6 is 27.5 Å². The number of aromatic nitrogens is 2. The molecule has 4 rings (SSSR count). The van der Waals surface area contributed by atoms with Crippen molar-refractivity contribution in [3.05, 3.63) is 71.7 Å². The first-order valence-corrected chi connectivity index (χ1v) is 12.9. The van der Waals surface area contributed by atoms with E-state index in [4.69, 9.17) is 21.3 Å². The summed E-state index contributed by atoms with van der Waals surface area (Å²) in [6.07, 6.45) is 7.03. The van der Waals surface area contributed by atoms with Crippen LogP contribution in [0.3, 0.4) is 0 Å². The fourth-order valence-corrected chi connectivity index (χ4v) is 4.87.